The Kier molecular flexibility index (Phi) is 5.81. The van der Waals surface area contributed by atoms with Gasteiger partial charge in [-0.25, -0.2) is 4.98 Å². The highest BCUT2D eigenvalue weighted by molar-refractivity contribution is 7.99. The molecule has 3 heterocycles. The fraction of sp³-hybridized carbons (Fsp3) is 0.167. The predicted octanol–water partition coefficient (Wildman–Crippen LogP) is 3.70. The number of furan rings is 1. The van der Waals surface area contributed by atoms with Gasteiger partial charge in [0.15, 0.2) is 22.4 Å². The van der Waals surface area contributed by atoms with Gasteiger partial charge in [-0.15, -0.1) is 0 Å². The smallest absolute Gasteiger partial charge is 0.262 e. The number of aromatic nitrogens is 2. The Hall–Kier alpha value is -4.05. The van der Waals surface area contributed by atoms with Crippen LogP contribution in [0, 0.1) is 0 Å². The van der Waals surface area contributed by atoms with Crippen LogP contribution in [0.3, 0.4) is 0 Å². The number of nitrogens with one attached hydrogen (secondary N) is 1. The number of hydrogen-bond acceptors (Lipinski definition) is 8. The SMILES string of the molecule is CC(=O)c1cccc(NC(=O)CSc2nc3cc4c(cc3c(=O)n2Cc2ccco2)OCO4)c1. The quantitative estimate of drug-likeness (QED) is 0.244. The van der Waals surface area contributed by atoms with E-state index in [2.05, 4.69) is 10.3 Å². The lowest BCUT2D eigenvalue weighted by Gasteiger charge is -2.13. The molecule has 5 rings (SSSR count). The van der Waals surface area contributed by atoms with E-state index < -0.39 is 0 Å². The minimum Gasteiger partial charge on any atom is -0.467 e. The van der Waals surface area contributed by atoms with Gasteiger partial charge < -0.3 is 19.2 Å². The summed E-state index contributed by atoms with van der Waals surface area (Å²) < 4.78 is 17.7. The van der Waals surface area contributed by atoms with Crippen LogP contribution in [-0.4, -0.2) is 33.8 Å². The number of anilines is 1. The van der Waals surface area contributed by atoms with Gasteiger partial charge in [-0.05, 0) is 37.3 Å². The summed E-state index contributed by atoms with van der Waals surface area (Å²) in [7, 11) is 0. The number of benzene rings is 2. The predicted molar refractivity (Wildman–Crippen MR) is 126 cm³/mol. The molecule has 0 saturated heterocycles. The summed E-state index contributed by atoms with van der Waals surface area (Å²) >= 11 is 1.13. The molecule has 0 radical (unpaired) electrons. The number of ether oxygens (including phenoxy) is 2. The number of hydrogen-bond donors (Lipinski definition) is 1. The number of ketones is 1. The number of fused-ring (bicyclic) bond motifs is 2. The number of amides is 1. The third-order valence-electron chi connectivity index (χ3n) is 5.19. The van der Waals surface area contributed by atoms with E-state index in [1.54, 1.807) is 48.5 Å². The van der Waals surface area contributed by atoms with Crippen molar-refractivity contribution in [2.24, 2.45) is 0 Å². The molecule has 0 unspecified atom stereocenters. The maximum absolute atomic E-state index is 13.4. The zero-order valence-corrected chi connectivity index (χ0v) is 18.9. The molecule has 0 spiro atoms. The Morgan fingerprint density at radius 3 is 2.71 bits per heavy atom. The Bertz CT molecular complexity index is 1460. The van der Waals surface area contributed by atoms with Crippen molar-refractivity contribution in [2.45, 2.75) is 18.6 Å². The van der Waals surface area contributed by atoms with Crippen molar-refractivity contribution in [3.8, 4) is 11.5 Å². The molecule has 172 valence electrons. The fourth-order valence-corrected chi connectivity index (χ4v) is 4.34. The highest BCUT2D eigenvalue weighted by Crippen LogP contribution is 2.35. The van der Waals surface area contributed by atoms with Crippen molar-refractivity contribution in [1.29, 1.82) is 0 Å². The van der Waals surface area contributed by atoms with E-state index in [4.69, 9.17) is 13.9 Å². The number of rotatable bonds is 7. The second-order valence-electron chi connectivity index (χ2n) is 7.56. The topological polar surface area (TPSA) is 113 Å². The summed E-state index contributed by atoms with van der Waals surface area (Å²) in [5, 5.41) is 3.52. The van der Waals surface area contributed by atoms with Crippen LogP contribution in [0.5, 0.6) is 11.5 Å². The van der Waals surface area contributed by atoms with Gasteiger partial charge in [0.2, 0.25) is 12.7 Å². The standard InChI is InChI=1S/C24H19N3O6S/c1-14(28)15-4-2-5-16(8-15)25-22(29)12-34-24-26-19-10-21-20(32-13-33-21)9-18(19)23(30)27(24)11-17-6-3-7-31-17/h2-10H,11-13H2,1H3,(H,25,29). The van der Waals surface area contributed by atoms with E-state index >= 15 is 0 Å². The van der Waals surface area contributed by atoms with Gasteiger partial charge in [-0.1, -0.05) is 23.9 Å². The van der Waals surface area contributed by atoms with Crippen molar-refractivity contribution in [2.75, 3.05) is 17.9 Å². The molecule has 0 saturated carbocycles. The molecule has 34 heavy (non-hydrogen) atoms. The lowest BCUT2D eigenvalue weighted by molar-refractivity contribution is -0.113. The third kappa shape index (κ3) is 4.40. The summed E-state index contributed by atoms with van der Waals surface area (Å²) in [4.78, 5) is 42.2. The van der Waals surface area contributed by atoms with Gasteiger partial charge in [-0.2, -0.15) is 0 Å². The molecular formula is C24H19N3O6S. The second kappa shape index (κ2) is 9.06. The zero-order valence-electron chi connectivity index (χ0n) is 18.1. The molecule has 1 N–H and O–H groups in total. The van der Waals surface area contributed by atoms with Crippen molar-refractivity contribution in [3.63, 3.8) is 0 Å². The molecule has 2 aromatic heterocycles. The molecule has 10 heteroatoms. The Labute approximate surface area is 197 Å². The normalized spacial score (nSPS) is 12.1. The van der Waals surface area contributed by atoms with E-state index in [0.717, 1.165) is 11.8 Å². The largest absolute Gasteiger partial charge is 0.467 e. The summed E-state index contributed by atoms with van der Waals surface area (Å²) in [6, 6.07) is 13.5. The van der Waals surface area contributed by atoms with Gasteiger partial charge in [0.25, 0.3) is 5.56 Å². The summed E-state index contributed by atoms with van der Waals surface area (Å²) in [6.45, 7) is 1.71. The van der Waals surface area contributed by atoms with E-state index in [1.165, 1.54) is 17.8 Å². The van der Waals surface area contributed by atoms with Gasteiger partial charge in [0.05, 0.1) is 29.5 Å². The van der Waals surface area contributed by atoms with Crippen molar-refractivity contribution in [3.05, 3.63) is 76.5 Å². The van der Waals surface area contributed by atoms with Crippen LogP contribution in [0.15, 0.2) is 69.2 Å². The monoisotopic (exact) mass is 477 g/mol. The molecule has 1 aliphatic heterocycles. The first-order valence-corrected chi connectivity index (χ1v) is 11.4. The molecule has 0 aliphatic carbocycles. The molecule has 0 bridgehead atoms. The van der Waals surface area contributed by atoms with E-state index in [9.17, 15) is 14.4 Å². The second-order valence-corrected chi connectivity index (χ2v) is 8.50. The van der Waals surface area contributed by atoms with Crippen LogP contribution in [-0.2, 0) is 11.3 Å². The van der Waals surface area contributed by atoms with Crippen LogP contribution in [0.1, 0.15) is 23.0 Å². The van der Waals surface area contributed by atoms with E-state index in [0.29, 0.717) is 44.6 Å². The number of nitrogens with zero attached hydrogens (tertiary/aromatic N) is 2. The Morgan fingerprint density at radius 2 is 1.94 bits per heavy atom. The fourth-order valence-electron chi connectivity index (χ4n) is 3.54. The highest BCUT2D eigenvalue weighted by atomic mass is 32.2. The number of thioether (sulfide) groups is 1. The van der Waals surface area contributed by atoms with Crippen LogP contribution >= 0.6 is 11.8 Å². The van der Waals surface area contributed by atoms with Gasteiger partial charge >= 0.3 is 0 Å². The Morgan fingerprint density at radius 1 is 1.12 bits per heavy atom. The van der Waals surface area contributed by atoms with Crippen LogP contribution < -0.4 is 20.3 Å². The van der Waals surface area contributed by atoms with E-state index in [1.807, 2.05) is 0 Å². The lowest BCUT2D eigenvalue weighted by atomic mass is 10.1. The van der Waals surface area contributed by atoms with Gasteiger partial charge in [0, 0.05) is 17.3 Å². The lowest BCUT2D eigenvalue weighted by Crippen LogP contribution is -2.24. The molecule has 1 aliphatic rings. The number of Topliss-reactive ketones (excluding diaryl/α,β-unsaturated/α-hetero) is 1. The molecule has 0 fully saturated rings. The van der Waals surface area contributed by atoms with Crippen LogP contribution in [0.2, 0.25) is 0 Å². The third-order valence-corrected chi connectivity index (χ3v) is 6.17. The molecule has 2 aromatic carbocycles. The molecule has 4 aromatic rings. The molecule has 0 atom stereocenters. The number of carbonyl (C=O) groups excluding carboxylic acids is 2. The molecular weight excluding hydrogens is 458 g/mol. The van der Waals surface area contributed by atoms with Crippen LogP contribution in [0.25, 0.3) is 10.9 Å². The summed E-state index contributed by atoms with van der Waals surface area (Å²) in [6.07, 6.45) is 1.53. The molecule has 1 amide bonds. The van der Waals surface area contributed by atoms with Crippen molar-refractivity contribution in [1.82, 2.24) is 9.55 Å². The van der Waals surface area contributed by atoms with Gasteiger partial charge in [0.1, 0.15) is 5.76 Å². The van der Waals surface area contributed by atoms with E-state index in [-0.39, 0.29) is 36.3 Å². The van der Waals surface area contributed by atoms with Gasteiger partial charge in [-0.3, -0.25) is 19.0 Å². The maximum atomic E-state index is 13.4. The first kappa shape index (κ1) is 21.8. The minimum atomic E-state index is -0.296. The average molecular weight is 477 g/mol. The Balaban J connectivity index is 1.43. The zero-order chi connectivity index (χ0) is 23.7. The summed E-state index contributed by atoms with van der Waals surface area (Å²) in [5.41, 5.74) is 1.19. The van der Waals surface area contributed by atoms with Crippen molar-refractivity contribution >= 4 is 40.0 Å². The summed E-state index contributed by atoms with van der Waals surface area (Å²) in [5.74, 6) is 1.20. The van der Waals surface area contributed by atoms with Crippen LogP contribution in [0.4, 0.5) is 5.69 Å². The van der Waals surface area contributed by atoms with Crippen molar-refractivity contribution < 1.29 is 23.5 Å². The first-order chi connectivity index (χ1) is 16.5. The maximum Gasteiger partial charge on any atom is 0.262 e. The number of carbonyl (C=O) groups is 2. The highest BCUT2D eigenvalue weighted by Gasteiger charge is 2.20. The first-order valence-electron chi connectivity index (χ1n) is 10.4. The average Bonchev–Trinajstić information content (AvgIpc) is 3.50. The molecule has 9 nitrogen and oxygen atoms in total. The minimum absolute atomic E-state index is 0.00491.